The number of likely N-dealkylation sites (N-methyl/N-ethyl adjacent to an activating group) is 1. The molecule has 2 rings (SSSR count). The van der Waals surface area contributed by atoms with E-state index in [1.54, 1.807) is 19.2 Å². The number of nitrogens with zero attached hydrogens (tertiary/aromatic N) is 1. The summed E-state index contributed by atoms with van der Waals surface area (Å²) >= 11 is 3.35. The summed E-state index contributed by atoms with van der Waals surface area (Å²) in [7, 11) is 1.62. The van der Waals surface area contributed by atoms with E-state index in [2.05, 4.69) is 15.9 Å². The SMILES string of the molecule is Cc1cc(Br)ccc1C(=O)N(C)C1COCC1C(=O)O. The molecular formula is C14H16BrNO4. The van der Waals surface area contributed by atoms with Crippen LogP contribution in [-0.2, 0) is 9.53 Å². The summed E-state index contributed by atoms with van der Waals surface area (Å²) < 4.78 is 6.11. The van der Waals surface area contributed by atoms with Crippen molar-refractivity contribution in [3.63, 3.8) is 0 Å². The van der Waals surface area contributed by atoms with Gasteiger partial charge in [-0.25, -0.2) is 0 Å². The molecule has 108 valence electrons. The van der Waals surface area contributed by atoms with Gasteiger partial charge in [0.2, 0.25) is 0 Å². The van der Waals surface area contributed by atoms with Crippen molar-refractivity contribution < 1.29 is 19.4 Å². The Hall–Kier alpha value is -1.40. The third-order valence-corrected chi connectivity index (χ3v) is 4.10. The highest BCUT2D eigenvalue weighted by Gasteiger charge is 2.38. The molecule has 20 heavy (non-hydrogen) atoms. The molecule has 0 aliphatic carbocycles. The summed E-state index contributed by atoms with van der Waals surface area (Å²) in [6, 6.07) is 4.97. The van der Waals surface area contributed by atoms with Crippen LogP contribution >= 0.6 is 15.9 Å². The molecule has 0 spiro atoms. The number of benzene rings is 1. The Labute approximate surface area is 125 Å². The Kier molecular flexibility index (Phi) is 4.45. The molecular weight excluding hydrogens is 326 g/mol. The topological polar surface area (TPSA) is 66.8 Å². The molecule has 1 saturated heterocycles. The molecule has 6 heteroatoms. The summed E-state index contributed by atoms with van der Waals surface area (Å²) in [4.78, 5) is 25.1. The quantitative estimate of drug-likeness (QED) is 0.912. The summed E-state index contributed by atoms with van der Waals surface area (Å²) in [5, 5.41) is 9.15. The van der Waals surface area contributed by atoms with Gasteiger partial charge in [0.05, 0.1) is 19.3 Å². The molecule has 1 heterocycles. The second-order valence-corrected chi connectivity index (χ2v) is 5.84. The maximum Gasteiger partial charge on any atom is 0.311 e. The van der Waals surface area contributed by atoms with E-state index in [-0.39, 0.29) is 19.1 Å². The number of aryl methyl sites for hydroxylation is 1. The number of carboxylic acid groups (broad SMARTS) is 1. The molecule has 0 aromatic heterocycles. The van der Waals surface area contributed by atoms with Crippen LogP contribution in [0.2, 0.25) is 0 Å². The van der Waals surface area contributed by atoms with E-state index in [9.17, 15) is 9.59 Å². The smallest absolute Gasteiger partial charge is 0.311 e. The maximum absolute atomic E-state index is 12.5. The summed E-state index contributed by atoms with van der Waals surface area (Å²) in [5.41, 5.74) is 1.42. The van der Waals surface area contributed by atoms with Gasteiger partial charge >= 0.3 is 5.97 Å². The molecule has 1 aromatic rings. The molecule has 1 N–H and O–H groups in total. The van der Waals surface area contributed by atoms with Crippen molar-refractivity contribution in [1.29, 1.82) is 0 Å². The van der Waals surface area contributed by atoms with Gasteiger partial charge < -0.3 is 14.7 Å². The lowest BCUT2D eigenvalue weighted by molar-refractivity contribution is -0.142. The molecule has 1 amide bonds. The van der Waals surface area contributed by atoms with Crippen LogP contribution in [0.25, 0.3) is 0 Å². The van der Waals surface area contributed by atoms with Crippen LogP contribution in [0.4, 0.5) is 0 Å². The molecule has 1 aliphatic rings. The molecule has 1 aliphatic heterocycles. The highest BCUT2D eigenvalue weighted by Crippen LogP contribution is 2.23. The van der Waals surface area contributed by atoms with Gasteiger partial charge in [0.25, 0.3) is 5.91 Å². The zero-order valence-corrected chi connectivity index (χ0v) is 12.9. The molecule has 2 unspecified atom stereocenters. The molecule has 1 aromatic carbocycles. The first kappa shape index (κ1) is 15.0. The van der Waals surface area contributed by atoms with Gasteiger partial charge in [0, 0.05) is 17.1 Å². The van der Waals surface area contributed by atoms with Gasteiger partial charge in [0.1, 0.15) is 5.92 Å². The minimum Gasteiger partial charge on any atom is -0.481 e. The van der Waals surface area contributed by atoms with Gasteiger partial charge in [-0.15, -0.1) is 0 Å². The van der Waals surface area contributed by atoms with Gasteiger partial charge in [-0.05, 0) is 30.7 Å². The number of hydrogen-bond donors (Lipinski definition) is 1. The molecule has 1 fully saturated rings. The fourth-order valence-electron chi connectivity index (χ4n) is 2.37. The lowest BCUT2D eigenvalue weighted by Crippen LogP contribution is -2.44. The largest absolute Gasteiger partial charge is 0.481 e. The van der Waals surface area contributed by atoms with E-state index in [4.69, 9.17) is 9.84 Å². The number of rotatable bonds is 3. The first-order valence-corrected chi connectivity index (χ1v) is 7.05. The van der Waals surface area contributed by atoms with Crippen LogP contribution in [0, 0.1) is 12.8 Å². The number of carbonyl (C=O) groups is 2. The summed E-state index contributed by atoms with van der Waals surface area (Å²) in [5.74, 6) is -1.78. The van der Waals surface area contributed by atoms with E-state index >= 15 is 0 Å². The number of hydrogen-bond acceptors (Lipinski definition) is 3. The van der Waals surface area contributed by atoms with Gasteiger partial charge in [-0.1, -0.05) is 15.9 Å². The molecule has 5 nitrogen and oxygen atoms in total. The molecule has 2 atom stereocenters. The monoisotopic (exact) mass is 341 g/mol. The Morgan fingerprint density at radius 2 is 2.10 bits per heavy atom. The Morgan fingerprint density at radius 1 is 1.40 bits per heavy atom. The van der Waals surface area contributed by atoms with Crippen LogP contribution in [0.1, 0.15) is 15.9 Å². The number of carboxylic acids is 1. The predicted molar refractivity (Wildman–Crippen MR) is 76.7 cm³/mol. The minimum absolute atomic E-state index is 0.150. The van der Waals surface area contributed by atoms with Crippen LogP contribution in [0.5, 0.6) is 0 Å². The van der Waals surface area contributed by atoms with Gasteiger partial charge in [0.15, 0.2) is 0 Å². The third kappa shape index (κ3) is 2.86. The molecule has 0 bridgehead atoms. The van der Waals surface area contributed by atoms with Crippen molar-refractivity contribution in [2.45, 2.75) is 13.0 Å². The molecule has 0 radical (unpaired) electrons. The van der Waals surface area contributed by atoms with E-state index in [0.29, 0.717) is 5.56 Å². The highest BCUT2D eigenvalue weighted by molar-refractivity contribution is 9.10. The number of aliphatic carboxylic acids is 1. The Bertz CT molecular complexity index is 546. The van der Waals surface area contributed by atoms with Crippen molar-refractivity contribution in [3.05, 3.63) is 33.8 Å². The van der Waals surface area contributed by atoms with E-state index in [0.717, 1.165) is 10.0 Å². The fourth-order valence-corrected chi connectivity index (χ4v) is 2.84. The number of halogens is 1. The lowest BCUT2D eigenvalue weighted by atomic mass is 10.0. The van der Waals surface area contributed by atoms with E-state index in [1.165, 1.54) is 4.90 Å². The van der Waals surface area contributed by atoms with Crippen molar-refractivity contribution in [2.24, 2.45) is 5.92 Å². The summed E-state index contributed by atoms with van der Waals surface area (Å²) in [6.45, 7) is 2.26. The van der Waals surface area contributed by atoms with Crippen molar-refractivity contribution in [1.82, 2.24) is 4.90 Å². The van der Waals surface area contributed by atoms with Gasteiger partial charge in [-0.3, -0.25) is 9.59 Å². The van der Waals surface area contributed by atoms with Crippen molar-refractivity contribution >= 4 is 27.8 Å². The minimum atomic E-state index is -0.931. The highest BCUT2D eigenvalue weighted by atomic mass is 79.9. The number of carbonyl (C=O) groups excluding carboxylic acids is 1. The normalized spacial score (nSPS) is 21.8. The van der Waals surface area contributed by atoms with Crippen molar-refractivity contribution in [3.8, 4) is 0 Å². The second-order valence-electron chi connectivity index (χ2n) is 4.92. The standard InChI is InChI=1S/C14H16BrNO4/c1-8-5-9(15)3-4-10(8)13(17)16(2)12-7-20-6-11(12)14(18)19/h3-5,11-12H,6-7H2,1-2H3,(H,18,19). The summed E-state index contributed by atoms with van der Waals surface area (Å²) in [6.07, 6.45) is 0. The van der Waals surface area contributed by atoms with Crippen LogP contribution < -0.4 is 0 Å². The van der Waals surface area contributed by atoms with Crippen LogP contribution in [0.3, 0.4) is 0 Å². The van der Waals surface area contributed by atoms with E-state index < -0.39 is 17.9 Å². The number of amides is 1. The lowest BCUT2D eigenvalue weighted by Gasteiger charge is -2.27. The predicted octanol–water partition coefficient (Wildman–Crippen LogP) is 1.93. The zero-order chi connectivity index (χ0) is 14.9. The molecule has 0 saturated carbocycles. The Morgan fingerprint density at radius 3 is 2.70 bits per heavy atom. The first-order valence-electron chi connectivity index (χ1n) is 6.25. The average Bonchev–Trinajstić information content (AvgIpc) is 2.86. The van der Waals surface area contributed by atoms with Gasteiger partial charge in [-0.2, -0.15) is 0 Å². The first-order chi connectivity index (χ1) is 9.41. The van der Waals surface area contributed by atoms with E-state index in [1.807, 2.05) is 13.0 Å². The van der Waals surface area contributed by atoms with Crippen LogP contribution in [-0.4, -0.2) is 48.2 Å². The Balaban J connectivity index is 2.22. The van der Waals surface area contributed by atoms with Crippen LogP contribution in [0.15, 0.2) is 22.7 Å². The number of ether oxygens (including phenoxy) is 1. The zero-order valence-electron chi connectivity index (χ0n) is 11.3. The second kappa shape index (κ2) is 5.93. The third-order valence-electron chi connectivity index (χ3n) is 3.60. The average molecular weight is 342 g/mol. The fraction of sp³-hybridized carbons (Fsp3) is 0.429. The van der Waals surface area contributed by atoms with Crippen molar-refractivity contribution in [2.75, 3.05) is 20.3 Å². The maximum atomic E-state index is 12.5.